The maximum Gasteiger partial charge on any atom is 0.255 e. The first-order chi connectivity index (χ1) is 12.1. The molecule has 3 amide bonds. The molecule has 6 heteroatoms. The minimum Gasteiger partial charge on any atom is -0.355 e. The average molecular weight is 337 g/mol. The number of nitrogens with one attached hydrogen (secondary N) is 2. The Hall–Kier alpha value is -3.15. The van der Waals surface area contributed by atoms with Crippen molar-refractivity contribution in [1.82, 2.24) is 5.32 Å². The maximum atomic E-state index is 12.6. The molecule has 0 saturated carbocycles. The third-order valence-electron chi connectivity index (χ3n) is 4.14. The lowest BCUT2D eigenvalue weighted by molar-refractivity contribution is -0.117. The monoisotopic (exact) mass is 337 g/mol. The number of hydrogen-bond donors (Lipinski definition) is 2. The maximum absolute atomic E-state index is 12.6. The molecule has 0 spiro atoms. The van der Waals surface area contributed by atoms with Crippen LogP contribution in [0.3, 0.4) is 0 Å². The molecular formula is C19H19N3O3. The second kappa shape index (κ2) is 7.17. The molecule has 0 unspecified atom stereocenters. The van der Waals surface area contributed by atoms with Gasteiger partial charge in [-0.1, -0.05) is 18.2 Å². The third kappa shape index (κ3) is 3.52. The molecule has 1 heterocycles. The van der Waals surface area contributed by atoms with E-state index in [1.807, 2.05) is 6.07 Å². The van der Waals surface area contributed by atoms with Gasteiger partial charge in [0.05, 0.1) is 11.3 Å². The van der Waals surface area contributed by atoms with Gasteiger partial charge in [-0.25, -0.2) is 0 Å². The van der Waals surface area contributed by atoms with Gasteiger partial charge in [0.1, 0.15) is 0 Å². The lowest BCUT2D eigenvalue weighted by Gasteiger charge is -2.16. The van der Waals surface area contributed by atoms with E-state index in [1.165, 1.54) is 7.05 Å². The second-order valence-electron chi connectivity index (χ2n) is 5.78. The number of rotatable bonds is 4. The summed E-state index contributed by atoms with van der Waals surface area (Å²) in [4.78, 5) is 38.1. The summed E-state index contributed by atoms with van der Waals surface area (Å²) in [6, 6.07) is 13.8. The molecule has 3 rings (SSSR count). The smallest absolute Gasteiger partial charge is 0.255 e. The Labute approximate surface area is 145 Å². The Morgan fingerprint density at radius 3 is 2.56 bits per heavy atom. The summed E-state index contributed by atoms with van der Waals surface area (Å²) in [6.45, 7) is 0.670. The number of carbonyl (C=O) groups is 3. The number of para-hydroxylation sites is 1. The molecule has 1 saturated heterocycles. The van der Waals surface area contributed by atoms with Crippen LogP contribution in [0.1, 0.15) is 33.6 Å². The SMILES string of the molecule is CNC(=O)c1ccccc1NC(=O)c1cccc(N2CCCC2=O)c1. The van der Waals surface area contributed by atoms with E-state index in [1.54, 1.807) is 47.4 Å². The van der Waals surface area contributed by atoms with Crippen LogP contribution in [0, 0.1) is 0 Å². The van der Waals surface area contributed by atoms with Gasteiger partial charge in [0, 0.05) is 31.3 Å². The number of carbonyl (C=O) groups excluding carboxylic acids is 3. The van der Waals surface area contributed by atoms with Crippen LogP contribution >= 0.6 is 0 Å². The lowest BCUT2D eigenvalue weighted by atomic mass is 10.1. The van der Waals surface area contributed by atoms with Crippen molar-refractivity contribution >= 4 is 29.1 Å². The topological polar surface area (TPSA) is 78.5 Å². The van der Waals surface area contributed by atoms with Gasteiger partial charge in [0.2, 0.25) is 5.91 Å². The summed E-state index contributed by atoms with van der Waals surface area (Å²) >= 11 is 0. The van der Waals surface area contributed by atoms with E-state index in [2.05, 4.69) is 10.6 Å². The van der Waals surface area contributed by atoms with Gasteiger partial charge in [-0.05, 0) is 36.8 Å². The largest absolute Gasteiger partial charge is 0.355 e. The number of anilines is 2. The Morgan fingerprint density at radius 1 is 1.04 bits per heavy atom. The van der Waals surface area contributed by atoms with Crippen molar-refractivity contribution in [1.29, 1.82) is 0 Å². The van der Waals surface area contributed by atoms with Crippen LogP contribution < -0.4 is 15.5 Å². The summed E-state index contributed by atoms with van der Waals surface area (Å²) < 4.78 is 0. The van der Waals surface area contributed by atoms with Gasteiger partial charge in [0.15, 0.2) is 0 Å². The lowest BCUT2D eigenvalue weighted by Crippen LogP contribution is -2.24. The molecule has 1 fully saturated rings. The highest BCUT2D eigenvalue weighted by molar-refractivity contribution is 6.09. The van der Waals surface area contributed by atoms with Crippen LogP contribution in [0.15, 0.2) is 48.5 Å². The zero-order valence-corrected chi connectivity index (χ0v) is 13.9. The third-order valence-corrected chi connectivity index (χ3v) is 4.14. The van der Waals surface area contributed by atoms with E-state index in [0.717, 1.165) is 12.1 Å². The molecule has 2 N–H and O–H groups in total. The van der Waals surface area contributed by atoms with Gasteiger partial charge < -0.3 is 15.5 Å². The normalized spacial score (nSPS) is 13.6. The van der Waals surface area contributed by atoms with E-state index in [4.69, 9.17) is 0 Å². The van der Waals surface area contributed by atoms with Gasteiger partial charge in [-0.3, -0.25) is 14.4 Å². The van der Waals surface area contributed by atoms with Crippen molar-refractivity contribution in [3.8, 4) is 0 Å². The highest BCUT2D eigenvalue weighted by Crippen LogP contribution is 2.23. The Morgan fingerprint density at radius 2 is 1.84 bits per heavy atom. The van der Waals surface area contributed by atoms with E-state index in [0.29, 0.717) is 29.8 Å². The van der Waals surface area contributed by atoms with Crippen molar-refractivity contribution < 1.29 is 14.4 Å². The second-order valence-corrected chi connectivity index (χ2v) is 5.78. The standard InChI is InChI=1S/C19H19N3O3/c1-20-19(25)15-8-2-3-9-16(15)21-18(24)13-6-4-7-14(12-13)22-11-5-10-17(22)23/h2-4,6-9,12H,5,10-11H2,1H3,(H,20,25)(H,21,24). The molecule has 2 aromatic rings. The summed E-state index contributed by atoms with van der Waals surface area (Å²) in [5.74, 6) is -0.528. The highest BCUT2D eigenvalue weighted by Gasteiger charge is 2.22. The summed E-state index contributed by atoms with van der Waals surface area (Å²) in [5.41, 5.74) is 1.98. The van der Waals surface area contributed by atoms with Crippen molar-refractivity contribution in [2.45, 2.75) is 12.8 Å². The van der Waals surface area contributed by atoms with Crippen LogP contribution in [0.2, 0.25) is 0 Å². The number of benzene rings is 2. The predicted molar refractivity (Wildman–Crippen MR) is 95.8 cm³/mol. The van der Waals surface area contributed by atoms with E-state index in [9.17, 15) is 14.4 Å². The summed E-state index contributed by atoms with van der Waals surface area (Å²) in [7, 11) is 1.54. The zero-order valence-electron chi connectivity index (χ0n) is 13.9. The highest BCUT2D eigenvalue weighted by atomic mass is 16.2. The fraction of sp³-hybridized carbons (Fsp3) is 0.211. The fourth-order valence-electron chi connectivity index (χ4n) is 2.86. The van der Waals surface area contributed by atoms with E-state index in [-0.39, 0.29) is 17.7 Å². The van der Waals surface area contributed by atoms with Crippen molar-refractivity contribution in [3.05, 3.63) is 59.7 Å². The van der Waals surface area contributed by atoms with Crippen LogP contribution in [0.25, 0.3) is 0 Å². The molecule has 1 aliphatic rings. The first-order valence-electron chi connectivity index (χ1n) is 8.13. The van der Waals surface area contributed by atoms with Gasteiger partial charge in [-0.2, -0.15) is 0 Å². The molecule has 0 aliphatic carbocycles. The Bertz CT molecular complexity index is 832. The average Bonchev–Trinajstić information content (AvgIpc) is 3.07. The Balaban J connectivity index is 1.83. The summed E-state index contributed by atoms with van der Waals surface area (Å²) in [6.07, 6.45) is 1.37. The molecule has 6 nitrogen and oxygen atoms in total. The quantitative estimate of drug-likeness (QED) is 0.899. The molecule has 128 valence electrons. The molecule has 25 heavy (non-hydrogen) atoms. The van der Waals surface area contributed by atoms with E-state index >= 15 is 0 Å². The number of nitrogens with zero attached hydrogens (tertiary/aromatic N) is 1. The number of amides is 3. The van der Waals surface area contributed by atoms with Crippen LogP contribution in [0.5, 0.6) is 0 Å². The van der Waals surface area contributed by atoms with Crippen LogP contribution in [-0.4, -0.2) is 31.3 Å². The molecule has 1 aliphatic heterocycles. The van der Waals surface area contributed by atoms with Gasteiger partial charge >= 0.3 is 0 Å². The molecular weight excluding hydrogens is 318 g/mol. The zero-order chi connectivity index (χ0) is 17.8. The van der Waals surface area contributed by atoms with Crippen molar-refractivity contribution in [2.24, 2.45) is 0 Å². The molecule has 2 aromatic carbocycles. The molecule has 0 bridgehead atoms. The Kier molecular flexibility index (Phi) is 4.79. The predicted octanol–water partition coefficient (Wildman–Crippen LogP) is 2.43. The van der Waals surface area contributed by atoms with Gasteiger partial charge in [0.25, 0.3) is 11.8 Å². The minimum atomic E-state index is -0.329. The molecule has 0 aromatic heterocycles. The van der Waals surface area contributed by atoms with Gasteiger partial charge in [-0.15, -0.1) is 0 Å². The molecule has 0 radical (unpaired) electrons. The molecule has 0 atom stereocenters. The first-order valence-corrected chi connectivity index (χ1v) is 8.13. The van der Waals surface area contributed by atoms with Crippen LogP contribution in [0.4, 0.5) is 11.4 Å². The van der Waals surface area contributed by atoms with Crippen molar-refractivity contribution in [3.63, 3.8) is 0 Å². The number of hydrogen-bond acceptors (Lipinski definition) is 3. The fourth-order valence-corrected chi connectivity index (χ4v) is 2.86. The van der Waals surface area contributed by atoms with Crippen LogP contribution in [-0.2, 0) is 4.79 Å². The minimum absolute atomic E-state index is 0.0718. The van der Waals surface area contributed by atoms with Crippen molar-refractivity contribution in [2.75, 3.05) is 23.8 Å². The summed E-state index contributed by atoms with van der Waals surface area (Å²) in [5, 5.41) is 5.32. The first kappa shape index (κ1) is 16.7. The van der Waals surface area contributed by atoms with E-state index < -0.39 is 0 Å².